The average Bonchev–Trinajstić information content (AvgIpc) is 2.56. The molecule has 0 saturated heterocycles. The van der Waals surface area contributed by atoms with Crippen LogP contribution in [0.1, 0.15) is 53.9 Å². The first-order valence-electron chi connectivity index (χ1n) is 9.59. The quantitative estimate of drug-likeness (QED) is 0.142. The second kappa shape index (κ2) is 10.8. The molecule has 0 saturated carbocycles. The molecule has 9 heteroatoms. The van der Waals surface area contributed by atoms with Crippen LogP contribution >= 0.6 is 0 Å². The molecule has 166 valence electrons. The molecule has 2 unspecified atom stereocenters. The van der Waals surface area contributed by atoms with Crippen molar-refractivity contribution in [3.05, 3.63) is 12.2 Å². The van der Waals surface area contributed by atoms with E-state index in [1.54, 1.807) is 13.8 Å². The number of allylic oxidation sites excluding steroid dienone is 1. The Balaban J connectivity index is 5.09. The zero-order valence-corrected chi connectivity index (χ0v) is 18.2. The Bertz CT molecular complexity index is 487. The van der Waals surface area contributed by atoms with Crippen LogP contribution in [-0.2, 0) is 9.22 Å². The van der Waals surface area contributed by atoms with Gasteiger partial charge in [-0.1, -0.05) is 46.8 Å². The summed E-state index contributed by atoms with van der Waals surface area (Å²) in [5.74, 6) is -2.05. The first kappa shape index (κ1) is 27.2. The van der Waals surface area contributed by atoms with E-state index in [4.69, 9.17) is 4.43 Å². The van der Waals surface area contributed by atoms with Crippen molar-refractivity contribution in [2.24, 2.45) is 11.3 Å². The molecule has 0 aromatic carbocycles. The van der Waals surface area contributed by atoms with E-state index in [0.717, 1.165) is 6.08 Å². The highest BCUT2D eigenvalue weighted by atomic mass is 28.4. The Kier molecular flexibility index (Phi) is 10.5. The maximum Gasteiger partial charge on any atom is 0.417 e. The number of carbonyl (C=O) groups is 1. The van der Waals surface area contributed by atoms with Gasteiger partial charge in [0.1, 0.15) is 12.2 Å². The Morgan fingerprint density at radius 2 is 1.43 bits per heavy atom. The summed E-state index contributed by atoms with van der Waals surface area (Å²) in [6, 6.07) is 1.74. The fourth-order valence-corrected chi connectivity index (χ4v) is 5.70. The number of aldehydes is 1. The van der Waals surface area contributed by atoms with Crippen molar-refractivity contribution in [3.63, 3.8) is 0 Å². The van der Waals surface area contributed by atoms with Gasteiger partial charge in [0.25, 0.3) is 0 Å². The van der Waals surface area contributed by atoms with Crippen molar-refractivity contribution < 1.29 is 35.6 Å². The van der Waals surface area contributed by atoms with Crippen molar-refractivity contribution in [3.8, 4) is 0 Å². The van der Waals surface area contributed by atoms with Gasteiger partial charge in [-0.3, -0.25) is 0 Å². The molecule has 0 aliphatic heterocycles. The van der Waals surface area contributed by atoms with Gasteiger partial charge in [0.05, 0.1) is 0 Å². The molecule has 0 spiro atoms. The minimum absolute atomic E-state index is 0.0648. The Hall–Kier alpha value is -0.833. The van der Waals surface area contributed by atoms with Gasteiger partial charge in [0.15, 0.2) is 14.4 Å². The van der Waals surface area contributed by atoms with Gasteiger partial charge in [-0.15, -0.1) is 0 Å². The minimum Gasteiger partial charge on any atom is -0.402 e. The van der Waals surface area contributed by atoms with Gasteiger partial charge in [-0.2, -0.15) is 26.3 Å². The monoisotopic (exact) mass is 434 g/mol. The molecule has 0 aromatic rings. The lowest BCUT2D eigenvalue weighted by atomic mass is 9.82. The van der Waals surface area contributed by atoms with Gasteiger partial charge in [-0.05, 0) is 42.8 Å². The van der Waals surface area contributed by atoms with Crippen LogP contribution in [0.4, 0.5) is 26.3 Å². The summed E-state index contributed by atoms with van der Waals surface area (Å²) in [4.78, 5) is 10.6. The SMILES string of the molecule is CC[Si](CC)(CC)OC(C=CCC(C)(C)CCC(C=O)C(F)(F)F)C(F)(F)F. The predicted octanol–water partition coefficient (Wildman–Crippen LogP) is 7.07. The van der Waals surface area contributed by atoms with Crippen LogP contribution in [0.2, 0.25) is 18.1 Å². The van der Waals surface area contributed by atoms with Gasteiger partial charge in [-0.25, -0.2) is 0 Å². The third kappa shape index (κ3) is 9.11. The summed E-state index contributed by atoms with van der Waals surface area (Å²) < 4.78 is 83.7. The minimum atomic E-state index is -4.60. The number of halogens is 6. The van der Waals surface area contributed by atoms with E-state index < -0.39 is 38.1 Å². The molecule has 0 aliphatic rings. The highest BCUT2D eigenvalue weighted by molar-refractivity contribution is 6.73. The van der Waals surface area contributed by atoms with Crippen molar-refractivity contribution in [2.75, 3.05) is 0 Å². The molecule has 0 amide bonds. The van der Waals surface area contributed by atoms with Crippen LogP contribution in [0.15, 0.2) is 12.2 Å². The molecule has 2 atom stereocenters. The summed E-state index contributed by atoms with van der Waals surface area (Å²) in [5.41, 5.74) is -0.673. The van der Waals surface area contributed by atoms with E-state index >= 15 is 0 Å². The molecular weight excluding hydrogens is 402 g/mol. The third-order valence-electron chi connectivity index (χ3n) is 5.33. The molecule has 0 radical (unpaired) electrons. The molecule has 0 bridgehead atoms. The average molecular weight is 435 g/mol. The highest BCUT2D eigenvalue weighted by Gasteiger charge is 2.44. The van der Waals surface area contributed by atoms with Gasteiger partial charge in [0, 0.05) is 0 Å². The van der Waals surface area contributed by atoms with E-state index in [-0.39, 0.29) is 25.5 Å². The standard InChI is InChI=1S/C19H32F6O2Si/c1-6-28(7-2,8-3)27-16(19(23,24)25)10-9-12-17(4,5)13-11-15(14-26)18(20,21)22/h9-10,14-16H,6-8,11-13H2,1-5H3. The van der Waals surface area contributed by atoms with E-state index in [9.17, 15) is 31.1 Å². The Labute approximate surface area is 164 Å². The molecule has 0 fully saturated rings. The largest absolute Gasteiger partial charge is 0.417 e. The van der Waals surface area contributed by atoms with Crippen LogP contribution < -0.4 is 0 Å². The number of hydrogen-bond acceptors (Lipinski definition) is 2. The topological polar surface area (TPSA) is 26.3 Å². The third-order valence-corrected chi connectivity index (χ3v) is 9.95. The molecule has 28 heavy (non-hydrogen) atoms. The van der Waals surface area contributed by atoms with Gasteiger partial charge in [0.2, 0.25) is 0 Å². The predicted molar refractivity (Wildman–Crippen MR) is 101 cm³/mol. The van der Waals surface area contributed by atoms with Crippen molar-refractivity contribution >= 4 is 14.6 Å². The lowest BCUT2D eigenvalue weighted by molar-refractivity contribution is -0.183. The first-order chi connectivity index (χ1) is 12.7. The molecule has 0 aromatic heterocycles. The van der Waals surface area contributed by atoms with Crippen molar-refractivity contribution in [2.45, 2.75) is 90.5 Å². The van der Waals surface area contributed by atoms with Crippen LogP contribution in [0.3, 0.4) is 0 Å². The number of alkyl halides is 6. The van der Waals surface area contributed by atoms with Crippen LogP contribution in [0, 0.1) is 11.3 Å². The highest BCUT2D eigenvalue weighted by Crippen LogP contribution is 2.36. The van der Waals surface area contributed by atoms with E-state index in [1.165, 1.54) is 6.08 Å². The van der Waals surface area contributed by atoms with Gasteiger partial charge < -0.3 is 9.22 Å². The van der Waals surface area contributed by atoms with E-state index in [2.05, 4.69) is 0 Å². The van der Waals surface area contributed by atoms with Crippen molar-refractivity contribution in [1.29, 1.82) is 0 Å². The number of carbonyl (C=O) groups excluding carboxylic acids is 1. The zero-order chi connectivity index (χ0) is 22.2. The zero-order valence-electron chi connectivity index (χ0n) is 17.2. The van der Waals surface area contributed by atoms with Crippen LogP contribution in [-0.4, -0.2) is 33.1 Å². The summed E-state index contributed by atoms with van der Waals surface area (Å²) in [5, 5.41) is 0. The van der Waals surface area contributed by atoms with Crippen LogP contribution in [0.25, 0.3) is 0 Å². The molecule has 0 rings (SSSR count). The normalized spacial score (nSPS) is 16.4. The Morgan fingerprint density at radius 1 is 0.929 bits per heavy atom. The molecule has 0 heterocycles. The molecule has 2 nitrogen and oxygen atoms in total. The van der Waals surface area contributed by atoms with Gasteiger partial charge >= 0.3 is 12.4 Å². The lowest BCUT2D eigenvalue weighted by Crippen LogP contribution is -2.44. The first-order valence-corrected chi connectivity index (χ1v) is 12.1. The summed E-state index contributed by atoms with van der Waals surface area (Å²) in [6.45, 7) is 8.85. The molecule has 0 N–H and O–H groups in total. The number of rotatable bonds is 12. The Morgan fingerprint density at radius 3 is 1.79 bits per heavy atom. The summed E-state index contributed by atoms with van der Waals surface area (Å²) in [6.07, 6.45) is -9.12. The molecular formula is C19H32F6O2Si. The maximum absolute atomic E-state index is 13.4. The molecule has 0 aliphatic carbocycles. The smallest absolute Gasteiger partial charge is 0.402 e. The lowest BCUT2D eigenvalue weighted by Gasteiger charge is -2.33. The fourth-order valence-electron chi connectivity index (χ4n) is 2.95. The maximum atomic E-state index is 13.4. The summed E-state index contributed by atoms with van der Waals surface area (Å²) in [7, 11) is -2.48. The van der Waals surface area contributed by atoms with Crippen LogP contribution in [0.5, 0.6) is 0 Å². The van der Waals surface area contributed by atoms with E-state index in [1.807, 2.05) is 20.8 Å². The second-order valence-corrected chi connectivity index (χ2v) is 12.7. The van der Waals surface area contributed by atoms with Crippen molar-refractivity contribution in [1.82, 2.24) is 0 Å². The second-order valence-electron chi connectivity index (χ2n) is 7.94. The fraction of sp³-hybridized carbons (Fsp3) is 0.842. The van der Waals surface area contributed by atoms with E-state index in [0.29, 0.717) is 18.1 Å². The number of hydrogen-bond donors (Lipinski definition) is 0. The summed E-state index contributed by atoms with van der Waals surface area (Å²) >= 11 is 0.